The van der Waals surface area contributed by atoms with Crippen LogP contribution in [0.4, 0.5) is 92.6 Å². The molecule has 18 nitrogen and oxygen atoms in total. The molecule has 6 N–H and O–H groups in total. The van der Waals surface area contributed by atoms with Gasteiger partial charge in [-0.1, -0.05) is 36.4 Å². The number of anilines is 16. The Labute approximate surface area is 394 Å². The van der Waals surface area contributed by atoms with Gasteiger partial charge in [0.15, 0.2) is 11.5 Å². The molecule has 68 heavy (non-hydrogen) atoms. The first-order valence-electron chi connectivity index (χ1n) is 21.3. The SMILES string of the molecule is CN1c2cccc(n2)N(C)c2cccc(n2)N(C)c2cc(-c3cc4c(O)c(c3)N(C)c3cccc(n3)N(C)c3cccc(n3)N(C)c3cccc(n3)N4C)cc(c2O)N(C)c2cccc1n2.O.O. The summed E-state index contributed by atoms with van der Waals surface area (Å²) in [6, 6.07) is 42.5. The number of pyridine rings is 6. The Balaban J connectivity index is 0.00000312. The summed E-state index contributed by atoms with van der Waals surface area (Å²) in [5, 5.41) is 24.9. The van der Waals surface area contributed by atoms with Gasteiger partial charge in [-0.2, -0.15) is 0 Å². The molecule has 10 rings (SSSR count). The fourth-order valence-electron chi connectivity index (χ4n) is 8.24. The number of fused-ring (bicyclic) bond motifs is 16. The average molecular weight is 913 g/mol. The van der Waals surface area contributed by atoms with Crippen molar-refractivity contribution in [3.05, 3.63) is 133 Å². The molecule has 18 heteroatoms. The average Bonchev–Trinajstić information content (AvgIpc) is 3.36. The second-order valence-corrected chi connectivity index (χ2v) is 16.3. The Hall–Kier alpha value is -8.74. The fraction of sp³-hybridized carbons (Fsp3) is 0.160. The number of aromatic nitrogens is 6. The van der Waals surface area contributed by atoms with Gasteiger partial charge in [-0.25, -0.2) is 29.9 Å². The maximum Gasteiger partial charge on any atom is 0.163 e. The van der Waals surface area contributed by atoms with E-state index in [9.17, 15) is 10.2 Å². The lowest BCUT2D eigenvalue weighted by Crippen LogP contribution is -2.20. The highest BCUT2D eigenvalue weighted by Crippen LogP contribution is 2.49. The van der Waals surface area contributed by atoms with Crippen molar-refractivity contribution in [1.29, 1.82) is 0 Å². The molecule has 16 bridgehead atoms. The van der Waals surface area contributed by atoms with Crippen LogP contribution in [-0.4, -0.2) is 107 Å². The highest BCUT2D eigenvalue weighted by Gasteiger charge is 2.26. The highest BCUT2D eigenvalue weighted by molar-refractivity contribution is 5.91. The Morgan fingerprint density at radius 1 is 0.265 bits per heavy atom. The molecule has 0 spiro atoms. The molecule has 8 heterocycles. The Morgan fingerprint density at radius 2 is 0.412 bits per heavy atom. The third-order valence-corrected chi connectivity index (χ3v) is 12.4. The van der Waals surface area contributed by atoms with Crippen LogP contribution < -0.4 is 39.2 Å². The van der Waals surface area contributed by atoms with Gasteiger partial charge in [0, 0.05) is 56.4 Å². The van der Waals surface area contributed by atoms with E-state index >= 15 is 0 Å². The Kier molecular flexibility index (Phi) is 12.1. The number of phenolic OH excluding ortho intramolecular Hbond substituents is 2. The minimum atomic E-state index is 0. The number of benzene rings is 2. The molecule has 2 aliphatic rings. The van der Waals surface area contributed by atoms with Gasteiger partial charge in [0.1, 0.15) is 69.8 Å². The predicted octanol–water partition coefficient (Wildman–Crippen LogP) is 8.26. The quantitative estimate of drug-likeness (QED) is 0.159. The van der Waals surface area contributed by atoms with Crippen LogP contribution >= 0.6 is 0 Å². The molecule has 8 aromatic rings. The van der Waals surface area contributed by atoms with Gasteiger partial charge in [-0.05, 0) is 108 Å². The van der Waals surface area contributed by atoms with Gasteiger partial charge >= 0.3 is 0 Å². The minimum absolute atomic E-state index is 0. The summed E-state index contributed by atoms with van der Waals surface area (Å²) in [5.41, 5.74) is 3.43. The van der Waals surface area contributed by atoms with Crippen LogP contribution in [0.15, 0.2) is 133 Å². The first-order valence-corrected chi connectivity index (χ1v) is 21.3. The zero-order chi connectivity index (χ0) is 46.0. The van der Waals surface area contributed by atoms with Crippen LogP contribution in [0.3, 0.4) is 0 Å². The van der Waals surface area contributed by atoms with Crippen molar-refractivity contribution < 1.29 is 21.2 Å². The molecule has 0 unspecified atom stereocenters. The van der Waals surface area contributed by atoms with Crippen LogP contribution in [0, 0.1) is 0 Å². The van der Waals surface area contributed by atoms with E-state index in [1.54, 1.807) is 0 Å². The molecule has 346 valence electrons. The molecule has 0 fully saturated rings. The number of aromatic hydroxyl groups is 2. The fourth-order valence-corrected chi connectivity index (χ4v) is 8.24. The minimum Gasteiger partial charge on any atom is -0.504 e. The molecule has 0 saturated heterocycles. The predicted molar refractivity (Wildman–Crippen MR) is 272 cm³/mol. The van der Waals surface area contributed by atoms with E-state index in [0.717, 1.165) is 11.1 Å². The molecule has 6 aromatic heterocycles. The van der Waals surface area contributed by atoms with Crippen molar-refractivity contribution in [2.24, 2.45) is 0 Å². The zero-order valence-electron chi connectivity index (χ0n) is 38.9. The van der Waals surface area contributed by atoms with Crippen molar-refractivity contribution in [2.45, 2.75) is 0 Å². The van der Waals surface area contributed by atoms with E-state index in [4.69, 9.17) is 29.9 Å². The lowest BCUT2D eigenvalue weighted by molar-refractivity contribution is 0.476. The second kappa shape index (κ2) is 17.9. The van der Waals surface area contributed by atoms with Crippen LogP contribution in [-0.2, 0) is 0 Å². The molecule has 0 amide bonds. The number of phenols is 2. The summed E-state index contributed by atoms with van der Waals surface area (Å²) < 4.78 is 0. The summed E-state index contributed by atoms with van der Waals surface area (Å²) in [5.74, 6) is 7.85. The lowest BCUT2D eigenvalue weighted by atomic mass is 9.99. The molecule has 2 aliphatic heterocycles. The van der Waals surface area contributed by atoms with Gasteiger partial charge in [0.05, 0.1) is 22.7 Å². The first-order chi connectivity index (χ1) is 31.8. The van der Waals surface area contributed by atoms with Crippen LogP contribution in [0.5, 0.6) is 11.5 Å². The monoisotopic (exact) mass is 912 g/mol. The molecule has 0 radical (unpaired) electrons. The first kappa shape index (κ1) is 45.8. The lowest BCUT2D eigenvalue weighted by Gasteiger charge is -2.29. The van der Waals surface area contributed by atoms with Gasteiger partial charge < -0.3 is 60.4 Å². The van der Waals surface area contributed by atoms with Gasteiger partial charge in [-0.15, -0.1) is 0 Å². The van der Waals surface area contributed by atoms with E-state index in [1.165, 1.54) is 0 Å². The van der Waals surface area contributed by atoms with Crippen LogP contribution in [0.2, 0.25) is 0 Å². The largest absolute Gasteiger partial charge is 0.504 e. The second-order valence-electron chi connectivity index (χ2n) is 16.3. The zero-order valence-corrected chi connectivity index (χ0v) is 38.9. The Bertz CT molecular complexity index is 2770. The standard InChI is InChI=1S/C50H48N14O2.2H2O/c1-57-33-27-31(28-34(49(33)65)58(2)38-16-10-20-42(52-38)62(6)46-24-13-23-45(55-46)61(5)41-19-9-15-37(57)51-41)32-29-35-50(66)36(30-32)60(4)40-18-12-22-44(54-40)64(8)48-26-14-25-47(56-48)63(7)43-21-11-17-39(53-43)59(35)3;;/h9-30,65-66H,1-8H3;2*1H2. The van der Waals surface area contributed by atoms with Gasteiger partial charge in [0.25, 0.3) is 0 Å². The molecule has 0 atom stereocenters. The summed E-state index contributed by atoms with van der Waals surface area (Å²) in [6.45, 7) is 0. The summed E-state index contributed by atoms with van der Waals surface area (Å²) in [4.78, 5) is 45.4. The molecular formula is C50H52N14O4. The number of hydrogen-bond acceptors (Lipinski definition) is 16. The molecule has 0 saturated carbocycles. The summed E-state index contributed by atoms with van der Waals surface area (Å²) in [7, 11) is 15.2. The van der Waals surface area contributed by atoms with Crippen molar-refractivity contribution in [2.75, 3.05) is 95.6 Å². The van der Waals surface area contributed by atoms with E-state index < -0.39 is 0 Å². The Morgan fingerprint density at radius 3 is 0.574 bits per heavy atom. The van der Waals surface area contributed by atoms with Crippen molar-refractivity contribution in [1.82, 2.24) is 29.9 Å². The molecular weight excluding hydrogens is 861 g/mol. The van der Waals surface area contributed by atoms with E-state index in [2.05, 4.69) is 0 Å². The van der Waals surface area contributed by atoms with E-state index in [1.807, 2.05) is 229 Å². The third-order valence-electron chi connectivity index (χ3n) is 12.4. The van der Waals surface area contributed by atoms with E-state index in [-0.39, 0.29) is 22.5 Å². The number of hydrogen-bond donors (Lipinski definition) is 2. The van der Waals surface area contributed by atoms with Crippen LogP contribution in [0.25, 0.3) is 11.1 Å². The van der Waals surface area contributed by atoms with Crippen LogP contribution in [0.1, 0.15) is 0 Å². The number of rotatable bonds is 1. The topological polar surface area (TPSA) is 207 Å². The summed E-state index contributed by atoms with van der Waals surface area (Å²) in [6.07, 6.45) is 0. The van der Waals surface area contributed by atoms with E-state index in [0.29, 0.717) is 92.6 Å². The molecule has 2 aromatic carbocycles. The van der Waals surface area contributed by atoms with Crippen molar-refractivity contribution in [3.8, 4) is 22.6 Å². The van der Waals surface area contributed by atoms with Gasteiger partial charge in [0.2, 0.25) is 0 Å². The number of nitrogens with zero attached hydrogens (tertiary/aromatic N) is 14. The van der Waals surface area contributed by atoms with Gasteiger partial charge in [-0.3, -0.25) is 0 Å². The maximum absolute atomic E-state index is 12.4. The highest BCUT2D eigenvalue weighted by atomic mass is 16.3. The normalized spacial score (nSPS) is 13.2. The smallest absolute Gasteiger partial charge is 0.163 e. The third kappa shape index (κ3) is 7.92. The van der Waals surface area contributed by atoms with Crippen molar-refractivity contribution in [3.63, 3.8) is 0 Å². The maximum atomic E-state index is 12.4. The van der Waals surface area contributed by atoms with Crippen molar-refractivity contribution >= 4 is 92.6 Å². The molecule has 0 aliphatic carbocycles. The summed E-state index contributed by atoms with van der Waals surface area (Å²) >= 11 is 0.